The van der Waals surface area contributed by atoms with E-state index in [2.05, 4.69) is 0 Å². The van der Waals surface area contributed by atoms with E-state index >= 15 is 0 Å². The average molecular weight is 187 g/mol. The highest BCUT2D eigenvalue weighted by atomic mass is 19.2. The molecule has 2 nitrogen and oxygen atoms in total. The molecule has 4 heteroatoms. The molecule has 0 fully saturated rings. The van der Waals surface area contributed by atoms with Crippen molar-refractivity contribution in [3.8, 4) is 0 Å². The van der Waals surface area contributed by atoms with Crippen LogP contribution in [0.25, 0.3) is 0 Å². The van der Waals surface area contributed by atoms with Crippen LogP contribution in [-0.2, 0) is 0 Å². The van der Waals surface area contributed by atoms with Crippen molar-refractivity contribution in [3.63, 3.8) is 0 Å². The van der Waals surface area contributed by atoms with E-state index in [9.17, 15) is 8.78 Å². The second-order valence-electron chi connectivity index (χ2n) is 2.91. The Morgan fingerprint density at radius 1 is 1.38 bits per heavy atom. The van der Waals surface area contributed by atoms with Gasteiger partial charge in [0, 0.05) is 5.56 Å². The van der Waals surface area contributed by atoms with Crippen molar-refractivity contribution >= 4 is 0 Å². The molecule has 3 N–H and O–H groups in total. The van der Waals surface area contributed by atoms with Crippen LogP contribution in [0.3, 0.4) is 0 Å². The van der Waals surface area contributed by atoms with Crippen molar-refractivity contribution in [1.82, 2.24) is 0 Å². The predicted molar refractivity (Wildman–Crippen MR) is 45.0 cm³/mol. The summed E-state index contributed by atoms with van der Waals surface area (Å²) in [6.07, 6.45) is -0.906. The van der Waals surface area contributed by atoms with Gasteiger partial charge in [-0.1, -0.05) is 12.1 Å². The minimum atomic E-state index is -0.990. The Morgan fingerprint density at radius 2 is 2.00 bits per heavy atom. The van der Waals surface area contributed by atoms with Crippen molar-refractivity contribution in [1.29, 1.82) is 0 Å². The number of nitrogens with two attached hydrogens (primary N) is 1. The summed E-state index contributed by atoms with van der Waals surface area (Å²) in [6, 6.07) is 2.83. The Morgan fingerprint density at radius 3 is 2.54 bits per heavy atom. The summed E-state index contributed by atoms with van der Waals surface area (Å²) < 4.78 is 25.7. The zero-order valence-electron chi connectivity index (χ0n) is 7.17. The van der Waals surface area contributed by atoms with Crippen molar-refractivity contribution < 1.29 is 13.9 Å². The zero-order chi connectivity index (χ0) is 10.0. The molecule has 0 aromatic heterocycles. The van der Waals surface area contributed by atoms with Gasteiger partial charge in [-0.05, 0) is 13.0 Å². The molecule has 0 aliphatic carbocycles. The summed E-state index contributed by atoms with van der Waals surface area (Å²) in [5, 5.41) is 9.08. The van der Waals surface area contributed by atoms with E-state index in [0.29, 0.717) is 0 Å². The minimum Gasteiger partial charge on any atom is -0.391 e. The SMILES string of the molecule is CC(O)[C@H](N)c1cccc(F)c1F. The smallest absolute Gasteiger partial charge is 0.163 e. The summed E-state index contributed by atoms with van der Waals surface area (Å²) in [7, 11) is 0. The van der Waals surface area contributed by atoms with Crippen LogP contribution in [0.1, 0.15) is 18.5 Å². The highest BCUT2D eigenvalue weighted by Crippen LogP contribution is 2.19. The molecule has 0 saturated carbocycles. The topological polar surface area (TPSA) is 46.2 Å². The van der Waals surface area contributed by atoms with E-state index in [4.69, 9.17) is 10.8 Å². The van der Waals surface area contributed by atoms with Crippen LogP contribution in [0.5, 0.6) is 0 Å². The van der Waals surface area contributed by atoms with Gasteiger partial charge in [0.2, 0.25) is 0 Å². The molecule has 13 heavy (non-hydrogen) atoms. The van der Waals surface area contributed by atoms with E-state index in [1.54, 1.807) is 0 Å². The van der Waals surface area contributed by atoms with Crippen LogP contribution >= 0.6 is 0 Å². The van der Waals surface area contributed by atoms with Gasteiger partial charge in [-0.2, -0.15) is 0 Å². The van der Waals surface area contributed by atoms with E-state index < -0.39 is 23.8 Å². The third-order valence-electron chi connectivity index (χ3n) is 1.86. The van der Waals surface area contributed by atoms with Crippen LogP contribution in [0.15, 0.2) is 18.2 Å². The first kappa shape index (κ1) is 10.1. The molecular weight excluding hydrogens is 176 g/mol. The number of aliphatic hydroxyl groups is 1. The lowest BCUT2D eigenvalue weighted by Crippen LogP contribution is -2.24. The van der Waals surface area contributed by atoms with Gasteiger partial charge >= 0.3 is 0 Å². The Kier molecular flexibility index (Phi) is 2.95. The lowest BCUT2D eigenvalue weighted by molar-refractivity contribution is 0.162. The van der Waals surface area contributed by atoms with Crippen molar-refractivity contribution in [3.05, 3.63) is 35.4 Å². The molecule has 0 bridgehead atoms. The Labute approximate surface area is 75.0 Å². The molecule has 0 heterocycles. The van der Waals surface area contributed by atoms with E-state index in [1.807, 2.05) is 0 Å². The Balaban J connectivity index is 3.07. The van der Waals surface area contributed by atoms with Gasteiger partial charge in [0.25, 0.3) is 0 Å². The molecule has 0 radical (unpaired) electrons. The fraction of sp³-hybridized carbons (Fsp3) is 0.333. The molecule has 1 aromatic carbocycles. The quantitative estimate of drug-likeness (QED) is 0.734. The fourth-order valence-electron chi connectivity index (χ4n) is 1.04. The number of benzene rings is 1. The van der Waals surface area contributed by atoms with Gasteiger partial charge in [0.15, 0.2) is 11.6 Å². The first-order valence-electron chi connectivity index (χ1n) is 3.91. The van der Waals surface area contributed by atoms with Crippen molar-refractivity contribution in [2.75, 3.05) is 0 Å². The predicted octanol–water partition coefficient (Wildman–Crippen LogP) is 1.35. The lowest BCUT2D eigenvalue weighted by atomic mass is 10.0. The number of aliphatic hydroxyl groups excluding tert-OH is 1. The largest absolute Gasteiger partial charge is 0.391 e. The summed E-state index contributed by atoms with van der Waals surface area (Å²) in [5.74, 6) is -1.94. The van der Waals surface area contributed by atoms with Gasteiger partial charge in [0.1, 0.15) is 0 Å². The second kappa shape index (κ2) is 3.81. The molecule has 1 rings (SSSR count). The maximum absolute atomic E-state index is 13.0. The average Bonchev–Trinajstić information content (AvgIpc) is 2.08. The maximum atomic E-state index is 13.0. The fourth-order valence-corrected chi connectivity index (χ4v) is 1.04. The third-order valence-corrected chi connectivity index (χ3v) is 1.86. The molecule has 0 spiro atoms. The molecular formula is C9H11F2NO. The third kappa shape index (κ3) is 2.02. The molecule has 0 aliphatic heterocycles. The number of halogens is 2. The van der Waals surface area contributed by atoms with Gasteiger partial charge in [-0.15, -0.1) is 0 Å². The zero-order valence-corrected chi connectivity index (χ0v) is 7.17. The molecule has 2 atom stereocenters. The van der Waals surface area contributed by atoms with Crippen molar-refractivity contribution in [2.45, 2.75) is 19.1 Å². The standard InChI is InChI=1S/C9H11F2NO/c1-5(13)9(12)6-3-2-4-7(10)8(6)11/h2-5,9,13H,12H2,1H3/t5?,9-/m0/s1. The van der Waals surface area contributed by atoms with E-state index in [1.165, 1.54) is 19.1 Å². The Bertz CT molecular complexity index is 302. The summed E-state index contributed by atoms with van der Waals surface area (Å²) in [5.41, 5.74) is 5.45. The minimum absolute atomic E-state index is 0.00463. The number of hydrogen-bond donors (Lipinski definition) is 2. The van der Waals surface area contributed by atoms with Crippen molar-refractivity contribution in [2.24, 2.45) is 5.73 Å². The molecule has 0 saturated heterocycles. The summed E-state index contributed by atoms with van der Waals surface area (Å²) >= 11 is 0. The molecule has 1 aromatic rings. The lowest BCUT2D eigenvalue weighted by Gasteiger charge is -2.15. The summed E-state index contributed by atoms with van der Waals surface area (Å²) in [6.45, 7) is 1.43. The molecule has 72 valence electrons. The molecule has 1 unspecified atom stereocenters. The number of hydrogen-bond acceptors (Lipinski definition) is 2. The highest BCUT2D eigenvalue weighted by molar-refractivity contribution is 5.22. The van der Waals surface area contributed by atoms with Gasteiger partial charge < -0.3 is 10.8 Å². The second-order valence-corrected chi connectivity index (χ2v) is 2.91. The van der Waals surface area contributed by atoms with Gasteiger partial charge in [-0.3, -0.25) is 0 Å². The Hall–Kier alpha value is -1.00. The first-order chi connectivity index (χ1) is 6.04. The normalized spacial score (nSPS) is 15.5. The molecule has 0 amide bonds. The summed E-state index contributed by atoms with van der Waals surface area (Å²) in [4.78, 5) is 0. The van der Waals surface area contributed by atoms with Crippen LogP contribution in [0.2, 0.25) is 0 Å². The van der Waals surface area contributed by atoms with Crippen LogP contribution in [0.4, 0.5) is 8.78 Å². The van der Waals surface area contributed by atoms with Gasteiger partial charge in [-0.25, -0.2) is 8.78 Å². The first-order valence-corrected chi connectivity index (χ1v) is 3.91. The van der Waals surface area contributed by atoms with Gasteiger partial charge in [0.05, 0.1) is 12.1 Å². The van der Waals surface area contributed by atoms with Crippen LogP contribution < -0.4 is 5.73 Å². The van der Waals surface area contributed by atoms with Crippen LogP contribution in [0, 0.1) is 11.6 Å². The van der Waals surface area contributed by atoms with E-state index in [-0.39, 0.29) is 5.56 Å². The maximum Gasteiger partial charge on any atom is 0.163 e. The molecule has 0 aliphatic rings. The highest BCUT2D eigenvalue weighted by Gasteiger charge is 2.18. The monoisotopic (exact) mass is 187 g/mol. The van der Waals surface area contributed by atoms with E-state index in [0.717, 1.165) is 6.07 Å². The number of rotatable bonds is 2. The van der Waals surface area contributed by atoms with Crippen LogP contribution in [-0.4, -0.2) is 11.2 Å².